The lowest BCUT2D eigenvalue weighted by Crippen LogP contribution is -2.29. The van der Waals surface area contributed by atoms with E-state index in [1.165, 1.54) is 4.52 Å². The zero-order chi connectivity index (χ0) is 26.2. The number of anilines is 1. The molecule has 4 heterocycles. The van der Waals surface area contributed by atoms with Crippen LogP contribution in [0.4, 0.5) is 5.82 Å². The molecular formula is C28H23N9O. The van der Waals surface area contributed by atoms with E-state index in [-0.39, 0.29) is 17.3 Å². The first kappa shape index (κ1) is 23.0. The number of hydrogen-bond donors (Lipinski definition) is 2. The Morgan fingerprint density at radius 3 is 2.63 bits per heavy atom. The maximum atomic E-state index is 13.4. The summed E-state index contributed by atoms with van der Waals surface area (Å²) >= 11 is 0. The number of aryl methyl sites for hydroxylation is 1. The first-order valence-corrected chi connectivity index (χ1v) is 12.0. The number of fused-ring (bicyclic) bond motifs is 2. The number of nitrogen functional groups attached to an aromatic ring is 1. The number of nitrogens with two attached hydrogens (primary N) is 1. The molecule has 6 aromatic rings. The lowest BCUT2D eigenvalue weighted by molar-refractivity contribution is 0.0940. The second-order valence-corrected chi connectivity index (χ2v) is 8.78. The van der Waals surface area contributed by atoms with E-state index < -0.39 is 6.04 Å². The van der Waals surface area contributed by atoms with E-state index >= 15 is 0 Å². The molecule has 0 aliphatic heterocycles. The predicted molar refractivity (Wildman–Crippen MR) is 144 cm³/mol. The lowest BCUT2D eigenvalue weighted by Gasteiger charge is -2.16. The number of para-hydroxylation sites is 2. The van der Waals surface area contributed by atoms with Crippen LogP contribution in [-0.4, -0.2) is 39.8 Å². The van der Waals surface area contributed by atoms with Gasteiger partial charge < -0.3 is 11.1 Å². The van der Waals surface area contributed by atoms with E-state index in [2.05, 4.69) is 32.3 Å². The van der Waals surface area contributed by atoms with Crippen molar-refractivity contribution in [2.45, 2.75) is 13.0 Å². The summed E-state index contributed by atoms with van der Waals surface area (Å²) in [6.45, 7) is 1.88. The average molecular weight is 502 g/mol. The van der Waals surface area contributed by atoms with Gasteiger partial charge in [-0.3, -0.25) is 14.0 Å². The highest BCUT2D eigenvalue weighted by Gasteiger charge is 2.25. The molecule has 6 rings (SSSR count). The van der Waals surface area contributed by atoms with Crippen LogP contribution in [0.5, 0.6) is 0 Å². The smallest absolute Gasteiger partial charge is 0.259 e. The minimum atomic E-state index is -0.482. The Hall–Kier alpha value is -5.43. The maximum Gasteiger partial charge on any atom is 0.259 e. The van der Waals surface area contributed by atoms with Crippen molar-refractivity contribution in [1.29, 1.82) is 0 Å². The predicted octanol–water partition coefficient (Wildman–Crippen LogP) is 3.27. The van der Waals surface area contributed by atoms with Crippen molar-refractivity contribution in [2.24, 2.45) is 7.05 Å². The second kappa shape index (κ2) is 9.22. The van der Waals surface area contributed by atoms with Gasteiger partial charge in [0.25, 0.3) is 5.91 Å². The SMILES string of the molecule is C[C@H](NC(=O)c1c(N)nn2cccnc12)c1nc2cccc(C#Cc3ccn(C)n3)c2n1-c1ccccc1. The molecule has 186 valence electrons. The summed E-state index contributed by atoms with van der Waals surface area (Å²) in [5, 5.41) is 11.6. The number of carbonyl (C=O) groups excluding carboxylic acids is 1. The van der Waals surface area contributed by atoms with Gasteiger partial charge >= 0.3 is 0 Å². The molecule has 1 atom stereocenters. The first-order chi connectivity index (χ1) is 18.5. The number of carbonyl (C=O) groups is 1. The van der Waals surface area contributed by atoms with Crippen LogP contribution in [0, 0.1) is 11.8 Å². The lowest BCUT2D eigenvalue weighted by atomic mass is 10.1. The molecule has 3 N–H and O–H groups in total. The monoisotopic (exact) mass is 501 g/mol. The van der Waals surface area contributed by atoms with Gasteiger partial charge in [-0.05, 0) is 49.2 Å². The number of amides is 1. The highest BCUT2D eigenvalue weighted by Crippen LogP contribution is 2.28. The molecule has 10 heteroatoms. The van der Waals surface area contributed by atoms with Crippen LogP contribution in [0.1, 0.15) is 40.4 Å². The van der Waals surface area contributed by atoms with E-state index in [0.29, 0.717) is 17.2 Å². The number of benzene rings is 2. The topological polar surface area (TPSA) is 121 Å². The van der Waals surface area contributed by atoms with Crippen LogP contribution in [0.3, 0.4) is 0 Å². The summed E-state index contributed by atoms with van der Waals surface area (Å²) in [5.74, 6) is 6.78. The molecule has 0 unspecified atom stereocenters. The largest absolute Gasteiger partial charge is 0.381 e. The van der Waals surface area contributed by atoms with Gasteiger partial charge in [0, 0.05) is 31.3 Å². The molecule has 0 spiro atoms. The first-order valence-electron chi connectivity index (χ1n) is 12.0. The maximum absolute atomic E-state index is 13.4. The van der Waals surface area contributed by atoms with Crippen molar-refractivity contribution in [3.8, 4) is 17.5 Å². The zero-order valence-electron chi connectivity index (χ0n) is 20.7. The van der Waals surface area contributed by atoms with Crippen LogP contribution >= 0.6 is 0 Å². The van der Waals surface area contributed by atoms with E-state index in [9.17, 15) is 4.79 Å². The van der Waals surface area contributed by atoms with Crippen LogP contribution in [0.25, 0.3) is 22.4 Å². The number of imidazole rings is 1. The minimum Gasteiger partial charge on any atom is -0.381 e. The number of aromatic nitrogens is 7. The van der Waals surface area contributed by atoms with Crippen LogP contribution in [0.15, 0.2) is 79.3 Å². The van der Waals surface area contributed by atoms with Gasteiger partial charge in [0.1, 0.15) is 17.1 Å². The molecule has 0 bridgehead atoms. The van der Waals surface area contributed by atoms with Crippen molar-refractivity contribution < 1.29 is 4.79 Å². The molecule has 0 aliphatic carbocycles. The normalized spacial score (nSPS) is 11.8. The average Bonchev–Trinajstić information content (AvgIpc) is 3.62. The molecule has 4 aromatic heterocycles. The molecule has 0 saturated carbocycles. The summed E-state index contributed by atoms with van der Waals surface area (Å²) in [5.41, 5.74) is 10.7. The Morgan fingerprint density at radius 2 is 1.84 bits per heavy atom. The molecule has 0 radical (unpaired) electrons. The second-order valence-electron chi connectivity index (χ2n) is 8.78. The van der Waals surface area contributed by atoms with Crippen molar-refractivity contribution in [3.63, 3.8) is 0 Å². The van der Waals surface area contributed by atoms with Gasteiger partial charge in [-0.15, -0.1) is 5.10 Å². The van der Waals surface area contributed by atoms with Gasteiger partial charge in [-0.2, -0.15) is 5.10 Å². The Balaban J connectivity index is 1.45. The minimum absolute atomic E-state index is 0.108. The standard InChI is InChI=1S/C28H23N9O/c1-18(31-28(38)23-25(29)34-36-16-7-15-30-27(23)36)26-32-22-11-6-8-19(12-13-20-14-17-35(2)33-20)24(22)37(26)21-9-4-3-5-10-21/h3-11,14-18H,1-2H3,(H2,29,34)(H,31,38)/t18-/m0/s1. The quantitative estimate of drug-likeness (QED) is 0.358. The van der Waals surface area contributed by atoms with Gasteiger partial charge in [-0.25, -0.2) is 14.5 Å². The van der Waals surface area contributed by atoms with E-state index in [1.807, 2.05) is 79.3 Å². The summed E-state index contributed by atoms with van der Waals surface area (Å²) in [6, 6.07) is 18.8. The molecule has 1 amide bonds. The zero-order valence-corrected chi connectivity index (χ0v) is 20.7. The van der Waals surface area contributed by atoms with Crippen molar-refractivity contribution in [2.75, 3.05) is 5.73 Å². The Labute approximate surface area is 217 Å². The fourth-order valence-corrected chi connectivity index (χ4v) is 4.44. The number of rotatable bonds is 4. The van der Waals surface area contributed by atoms with Gasteiger partial charge in [0.15, 0.2) is 11.5 Å². The summed E-state index contributed by atoms with van der Waals surface area (Å²) in [6.07, 6.45) is 5.15. The van der Waals surface area contributed by atoms with E-state index in [1.54, 1.807) is 23.1 Å². The molecular weight excluding hydrogens is 478 g/mol. The summed E-state index contributed by atoms with van der Waals surface area (Å²) in [7, 11) is 1.86. The Morgan fingerprint density at radius 1 is 1.00 bits per heavy atom. The number of nitrogens with one attached hydrogen (secondary N) is 1. The van der Waals surface area contributed by atoms with E-state index in [4.69, 9.17) is 10.7 Å². The third-order valence-corrected chi connectivity index (χ3v) is 6.14. The number of hydrogen-bond acceptors (Lipinski definition) is 6. The highest BCUT2D eigenvalue weighted by atomic mass is 16.1. The van der Waals surface area contributed by atoms with Crippen molar-refractivity contribution >= 4 is 28.4 Å². The van der Waals surface area contributed by atoms with Crippen molar-refractivity contribution in [1.82, 2.24) is 39.2 Å². The fourth-order valence-electron chi connectivity index (χ4n) is 4.44. The third-order valence-electron chi connectivity index (χ3n) is 6.14. The van der Waals surface area contributed by atoms with Crippen LogP contribution in [0.2, 0.25) is 0 Å². The number of nitrogens with zero attached hydrogens (tertiary/aromatic N) is 7. The Bertz CT molecular complexity index is 1870. The molecule has 10 nitrogen and oxygen atoms in total. The summed E-state index contributed by atoms with van der Waals surface area (Å²) < 4.78 is 5.23. The summed E-state index contributed by atoms with van der Waals surface area (Å²) in [4.78, 5) is 22.6. The highest BCUT2D eigenvalue weighted by molar-refractivity contribution is 6.04. The Kier molecular flexibility index (Phi) is 5.58. The molecule has 0 saturated heterocycles. The third kappa shape index (κ3) is 4.02. The molecule has 0 aliphatic rings. The molecule has 38 heavy (non-hydrogen) atoms. The van der Waals surface area contributed by atoms with E-state index in [0.717, 1.165) is 22.3 Å². The van der Waals surface area contributed by atoms with Gasteiger partial charge in [0.2, 0.25) is 0 Å². The van der Waals surface area contributed by atoms with Gasteiger partial charge in [0.05, 0.1) is 22.6 Å². The molecule has 2 aromatic carbocycles. The van der Waals surface area contributed by atoms with Crippen LogP contribution < -0.4 is 11.1 Å². The fraction of sp³-hybridized carbons (Fsp3) is 0.107. The van der Waals surface area contributed by atoms with Crippen molar-refractivity contribution in [3.05, 3.63) is 102 Å². The van der Waals surface area contributed by atoms with Crippen LogP contribution in [-0.2, 0) is 7.05 Å². The molecule has 0 fully saturated rings. The van der Waals surface area contributed by atoms with Gasteiger partial charge in [-0.1, -0.05) is 30.2 Å².